The van der Waals surface area contributed by atoms with Crippen molar-refractivity contribution in [1.29, 1.82) is 5.26 Å². The first-order valence-corrected chi connectivity index (χ1v) is 6.83. The van der Waals surface area contributed by atoms with Gasteiger partial charge in [0, 0.05) is 12.6 Å². The summed E-state index contributed by atoms with van der Waals surface area (Å²) in [6, 6.07) is 0.600. The number of nitriles is 1. The average molecular weight is 225 g/mol. The van der Waals surface area contributed by atoms with Gasteiger partial charge in [-0.25, -0.2) is 0 Å². The molecule has 0 aromatic carbocycles. The summed E-state index contributed by atoms with van der Waals surface area (Å²) in [5.74, 6) is 0. The van der Waals surface area contributed by atoms with Gasteiger partial charge in [-0.05, 0) is 26.0 Å². The summed E-state index contributed by atoms with van der Waals surface area (Å²) in [7, 11) is 0. The van der Waals surface area contributed by atoms with Gasteiger partial charge in [0.25, 0.3) is 0 Å². The molecule has 4 heteroatoms. The number of hydrogen-bond donors (Lipinski definition) is 0. The molecule has 0 aliphatic heterocycles. The van der Waals surface area contributed by atoms with Gasteiger partial charge < -0.3 is 4.90 Å². The smallest absolute Gasteiger partial charge is 0.208 e. The van der Waals surface area contributed by atoms with Crippen molar-refractivity contribution in [2.45, 2.75) is 45.1 Å². The van der Waals surface area contributed by atoms with Crippen LogP contribution in [0.1, 0.15) is 39.0 Å². The minimum atomic E-state index is 0.600. The van der Waals surface area contributed by atoms with E-state index in [1.807, 2.05) is 12.4 Å². The molecule has 0 amide bonds. The first-order chi connectivity index (χ1) is 7.33. The fourth-order valence-electron chi connectivity index (χ4n) is 2.21. The van der Waals surface area contributed by atoms with Gasteiger partial charge in [-0.3, -0.25) is 0 Å². The molecule has 84 valence electrons. The van der Waals surface area contributed by atoms with Crippen LogP contribution in [-0.4, -0.2) is 28.9 Å². The Labute approximate surface area is 96.6 Å². The molecule has 3 nitrogen and oxygen atoms in total. The van der Waals surface area contributed by atoms with E-state index in [4.69, 9.17) is 5.26 Å². The van der Waals surface area contributed by atoms with Crippen LogP contribution in [0.25, 0.3) is 0 Å². The molecule has 0 radical (unpaired) electrons. The van der Waals surface area contributed by atoms with E-state index in [-0.39, 0.29) is 0 Å². The number of rotatable bonds is 2. The molecule has 0 saturated heterocycles. The predicted molar refractivity (Wildman–Crippen MR) is 65.8 cm³/mol. The zero-order valence-corrected chi connectivity index (χ0v) is 10.4. The van der Waals surface area contributed by atoms with Crippen molar-refractivity contribution in [3.8, 4) is 6.19 Å². The normalized spacial score (nSPS) is 18.6. The topological polar surface area (TPSA) is 39.4 Å². The molecular formula is C11H19N3S. The molecule has 15 heavy (non-hydrogen) atoms. The van der Waals surface area contributed by atoms with E-state index in [9.17, 15) is 0 Å². The standard InChI is InChI=1S/C11H19N3S/c1-3-14(11(15-2)13-9-12)10-7-5-4-6-8-10/h10H,3-8H2,1-2H3. The van der Waals surface area contributed by atoms with Crippen molar-refractivity contribution in [3.63, 3.8) is 0 Å². The zero-order valence-electron chi connectivity index (χ0n) is 9.57. The molecule has 1 aliphatic rings. The maximum absolute atomic E-state index is 8.63. The predicted octanol–water partition coefficient (Wildman–Crippen LogP) is 2.84. The fraction of sp³-hybridized carbons (Fsp3) is 0.818. The third-order valence-corrected chi connectivity index (χ3v) is 3.62. The molecule has 0 heterocycles. The number of thioether (sulfide) groups is 1. The molecule has 0 aromatic rings. The Morgan fingerprint density at radius 3 is 2.60 bits per heavy atom. The van der Waals surface area contributed by atoms with Crippen LogP contribution in [0.5, 0.6) is 0 Å². The van der Waals surface area contributed by atoms with E-state index in [1.165, 1.54) is 32.1 Å². The van der Waals surface area contributed by atoms with Crippen LogP contribution in [0.3, 0.4) is 0 Å². The second-order valence-corrected chi connectivity index (χ2v) is 4.55. The Balaban J connectivity index is 2.68. The van der Waals surface area contributed by atoms with E-state index >= 15 is 0 Å². The second-order valence-electron chi connectivity index (χ2n) is 3.78. The summed E-state index contributed by atoms with van der Waals surface area (Å²) in [6.45, 7) is 3.09. The number of hydrogen-bond acceptors (Lipinski definition) is 3. The summed E-state index contributed by atoms with van der Waals surface area (Å²) in [4.78, 5) is 6.18. The molecule has 0 N–H and O–H groups in total. The van der Waals surface area contributed by atoms with Crippen LogP contribution in [0.4, 0.5) is 0 Å². The molecule has 0 aromatic heterocycles. The maximum atomic E-state index is 8.63. The van der Waals surface area contributed by atoms with Crippen LogP contribution in [0.2, 0.25) is 0 Å². The average Bonchev–Trinajstić information content (AvgIpc) is 2.30. The first-order valence-electron chi connectivity index (χ1n) is 5.60. The Kier molecular flexibility index (Phi) is 5.56. The molecule has 1 saturated carbocycles. The van der Waals surface area contributed by atoms with Crippen LogP contribution in [0.15, 0.2) is 4.99 Å². The minimum absolute atomic E-state index is 0.600. The molecule has 1 fully saturated rings. The van der Waals surface area contributed by atoms with Crippen LogP contribution >= 0.6 is 11.8 Å². The lowest BCUT2D eigenvalue weighted by Crippen LogP contribution is -2.39. The molecule has 0 unspecified atom stereocenters. The molecule has 0 atom stereocenters. The van der Waals surface area contributed by atoms with Gasteiger partial charge >= 0.3 is 0 Å². The van der Waals surface area contributed by atoms with Crippen molar-refractivity contribution in [3.05, 3.63) is 0 Å². The highest BCUT2D eigenvalue weighted by atomic mass is 32.2. The van der Waals surface area contributed by atoms with Crippen molar-refractivity contribution in [2.75, 3.05) is 12.8 Å². The lowest BCUT2D eigenvalue weighted by molar-refractivity contribution is 0.256. The highest BCUT2D eigenvalue weighted by molar-refractivity contribution is 8.13. The fourth-order valence-corrected chi connectivity index (χ4v) is 2.86. The largest absolute Gasteiger partial charge is 0.348 e. The molecule has 0 bridgehead atoms. The highest BCUT2D eigenvalue weighted by Crippen LogP contribution is 2.24. The van der Waals surface area contributed by atoms with E-state index < -0.39 is 0 Å². The number of nitrogens with zero attached hydrogens (tertiary/aromatic N) is 3. The summed E-state index contributed by atoms with van der Waals surface area (Å²) in [6.07, 6.45) is 10.4. The van der Waals surface area contributed by atoms with Crippen molar-refractivity contribution >= 4 is 16.9 Å². The third-order valence-electron chi connectivity index (χ3n) is 2.93. The Morgan fingerprint density at radius 1 is 1.47 bits per heavy atom. The maximum Gasteiger partial charge on any atom is 0.208 e. The SMILES string of the molecule is CCN(C(=NC#N)SC)C1CCCCC1. The highest BCUT2D eigenvalue weighted by Gasteiger charge is 2.22. The van der Waals surface area contributed by atoms with Gasteiger partial charge in [-0.1, -0.05) is 31.0 Å². The molecular weight excluding hydrogens is 206 g/mol. The quantitative estimate of drug-likeness (QED) is 0.412. The minimum Gasteiger partial charge on any atom is -0.348 e. The van der Waals surface area contributed by atoms with Crippen LogP contribution < -0.4 is 0 Å². The lowest BCUT2D eigenvalue weighted by atomic mass is 9.94. The number of amidine groups is 1. The van der Waals surface area contributed by atoms with Crippen molar-refractivity contribution < 1.29 is 0 Å². The van der Waals surface area contributed by atoms with Crippen LogP contribution in [-0.2, 0) is 0 Å². The Morgan fingerprint density at radius 2 is 2.13 bits per heavy atom. The molecule has 1 rings (SSSR count). The second kappa shape index (κ2) is 6.73. The van der Waals surface area contributed by atoms with Gasteiger partial charge in [0.05, 0.1) is 0 Å². The van der Waals surface area contributed by atoms with E-state index in [0.29, 0.717) is 6.04 Å². The van der Waals surface area contributed by atoms with E-state index in [1.54, 1.807) is 11.8 Å². The van der Waals surface area contributed by atoms with Gasteiger partial charge in [-0.2, -0.15) is 5.26 Å². The summed E-state index contributed by atoms with van der Waals surface area (Å²) in [5, 5.41) is 9.51. The summed E-state index contributed by atoms with van der Waals surface area (Å²) < 4.78 is 0. The van der Waals surface area contributed by atoms with Gasteiger partial charge in [0.2, 0.25) is 6.19 Å². The third kappa shape index (κ3) is 3.42. The Bertz CT molecular complexity index is 251. The summed E-state index contributed by atoms with van der Waals surface area (Å²) in [5.41, 5.74) is 0. The number of aliphatic imine (C=N–C) groups is 1. The van der Waals surface area contributed by atoms with Gasteiger partial charge in [0.15, 0.2) is 5.17 Å². The molecule has 0 spiro atoms. The van der Waals surface area contributed by atoms with Crippen molar-refractivity contribution in [1.82, 2.24) is 4.90 Å². The zero-order chi connectivity index (χ0) is 11.1. The monoisotopic (exact) mass is 225 g/mol. The summed E-state index contributed by atoms with van der Waals surface area (Å²) >= 11 is 1.57. The Hall–Kier alpha value is -0.690. The molecule has 1 aliphatic carbocycles. The van der Waals surface area contributed by atoms with Gasteiger partial charge in [-0.15, -0.1) is 4.99 Å². The van der Waals surface area contributed by atoms with Crippen LogP contribution in [0, 0.1) is 11.5 Å². The van der Waals surface area contributed by atoms with Gasteiger partial charge in [0.1, 0.15) is 0 Å². The van der Waals surface area contributed by atoms with E-state index in [2.05, 4.69) is 16.8 Å². The van der Waals surface area contributed by atoms with Crippen molar-refractivity contribution in [2.24, 2.45) is 4.99 Å². The van der Waals surface area contributed by atoms with E-state index in [0.717, 1.165) is 11.7 Å². The lowest BCUT2D eigenvalue weighted by Gasteiger charge is -2.34. The first kappa shape index (κ1) is 12.4.